The molecule has 0 radical (unpaired) electrons. The fourth-order valence-corrected chi connectivity index (χ4v) is 2.98. The molecule has 1 aliphatic rings. The molecule has 1 aliphatic heterocycles. The van der Waals surface area contributed by atoms with Gasteiger partial charge in [0.05, 0.1) is 23.9 Å². The van der Waals surface area contributed by atoms with Gasteiger partial charge in [-0.2, -0.15) is 5.10 Å². The zero-order valence-corrected chi connectivity index (χ0v) is 16.7. The van der Waals surface area contributed by atoms with Gasteiger partial charge < -0.3 is 15.7 Å². The summed E-state index contributed by atoms with van der Waals surface area (Å²) >= 11 is 5.82. The molecule has 150 valence electrons. The smallest absolute Gasteiger partial charge is 0.257 e. The molecule has 0 aliphatic carbocycles. The highest BCUT2D eigenvalue weighted by atomic mass is 35.5. The lowest BCUT2D eigenvalue weighted by molar-refractivity contribution is -0.117. The van der Waals surface area contributed by atoms with Crippen LogP contribution in [0.25, 0.3) is 0 Å². The number of anilines is 2. The van der Waals surface area contributed by atoms with Crippen LogP contribution >= 0.6 is 11.6 Å². The van der Waals surface area contributed by atoms with E-state index in [1.54, 1.807) is 31.2 Å². The summed E-state index contributed by atoms with van der Waals surface area (Å²) in [6.07, 6.45) is -0.109. The third kappa shape index (κ3) is 5.14. The predicted octanol–water partition coefficient (Wildman–Crippen LogP) is 3.78. The maximum absolute atomic E-state index is 12.3. The summed E-state index contributed by atoms with van der Waals surface area (Å²) in [6, 6.07) is 13.4. The molecule has 29 heavy (non-hydrogen) atoms. The van der Waals surface area contributed by atoms with Crippen molar-refractivity contribution in [2.24, 2.45) is 5.10 Å². The summed E-state index contributed by atoms with van der Waals surface area (Å²) in [4.78, 5) is 24.5. The Morgan fingerprint density at radius 1 is 1.14 bits per heavy atom. The molecule has 4 N–H and O–H groups in total. The van der Waals surface area contributed by atoms with Crippen molar-refractivity contribution in [2.45, 2.75) is 26.3 Å². The molecule has 0 fully saturated rings. The highest BCUT2D eigenvalue weighted by molar-refractivity contribution is 6.30. The molecule has 0 saturated carbocycles. The lowest BCUT2D eigenvalue weighted by Gasteiger charge is -2.11. The number of hydrogen-bond donors (Lipinski definition) is 4. The van der Waals surface area contributed by atoms with Crippen LogP contribution in [0.3, 0.4) is 0 Å². The molecule has 7 nitrogen and oxygen atoms in total. The van der Waals surface area contributed by atoms with E-state index in [1.165, 1.54) is 0 Å². The Balaban J connectivity index is 1.66. The van der Waals surface area contributed by atoms with E-state index in [0.717, 1.165) is 11.3 Å². The fraction of sp³-hybridized carbons (Fsp3) is 0.190. The van der Waals surface area contributed by atoms with Crippen LogP contribution in [-0.2, 0) is 9.59 Å². The summed E-state index contributed by atoms with van der Waals surface area (Å²) in [5, 5.41) is 20.5. The lowest BCUT2D eigenvalue weighted by atomic mass is 10.1. The summed E-state index contributed by atoms with van der Waals surface area (Å²) < 4.78 is 0. The van der Waals surface area contributed by atoms with Gasteiger partial charge in [-0.25, -0.2) is 0 Å². The second-order valence-electron chi connectivity index (χ2n) is 6.72. The lowest BCUT2D eigenvalue weighted by Crippen LogP contribution is -2.33. The Morgan fingerprint density at radius 2 is 1.76 bits per heavy atom. The Labute approximate surface area is 173 Å². The number of carbonyl (C=O) groups is 2. The Hall–Kier alpha value is -3.32. The van der Waals surface area contributed by atoms with Gasteiger partial charge in [-0.05, 0) is 50.2 Å². The van der Waals surface area contributed by atoms with E-state index in [-0.39, 0.29) is 23.7 Å². The molecule has 1 heterocycles. The molecular formula is C21H21ClN4O3. The van der Waals surface area contributed by atoms with Crippen molar-refractivity contribution < 1.29 is 14.7 Å². The maximum atomic E-state index is 12.3. The van der Waals surface area contributed by atoms with Crippen LogP contribution in [0.5, 0.6) is 0 Å². The van der Waals surface area contributed by atoms with Crippen LogP contribution in [0.2, 0.25) is 5.02 Å². The van der Waals surface area contributed by atoms with Crippen molar-refractivity contribution in [3.8, 4) is 0 Å². The normalized spacial score (nSPS) is 16.6. The average molecular weight is 413 g/mol. The van der Waals surface area contributed by atoms with Gasteiger partial charge in [-0.3, -0.25) is 15.0 Å². The van der Waals surface area contributed by atoms with E-state index in [2.05, 4.69) is 21.2 Å². The average Bonchev–Trinajstić information content (AvgIpc) is 2.96. The molecule has 1 atom stereocenters. The minimum Gasteiger partial charge on any atom is -0.509 e. The van der Waals surface area contributed by atoms with Crippen molar-refractivity contribution in [3.63, 3.8) is 0 Å². The van der Waals surface area contributed by atoms with E-state index in [1.807, 2.05) is 31.2 Å². The zero-order chi connectivity index (χ0) is 21.0. The second-order valence-corrected chi connectivity index (χ2v) is 7.16. The number of hydrazone groups is 1. The molecule has 0 aromatic heterocycles. The van der Waals surface area contributed by atoms with Crippen LogP contribution in [0, 0.1) is 6.92 Å². The van der Waals surface area contributed by atoms with Crippen LogP contribution in [-0.4, -0.2) is 28.7 Å². The van der Waals surface area contributed by atoms with Crippen LogP contribution in [0.4, 0.5) is 11.4 Å². The largest absolute Gasteiger partial charge is 0.509 e. The summed E-state index contributed by atoms with van der Waals surface area (Å²) in [6.45, 7) is 3.59. The third-order valence-electron chi connectivity index (χ3n) is 4.40. The predicted molar refractivity (Wildman–Crippen MR) is 114 cm³/mol. The standard InChI is InChI=1S/C21H21ClN4O3/c1-12-3-7-16(8-4-12)26-25-13(2)19-20(28)17(24-21(19)29)11-18(27)23-15-9-5-14(22)6-10-15/h3-10,17,26,28H,11H2,1-2H3,(H,23,27)(H,24,29). The molecule has 3 rings (SSSR count). The Bertz CT molecular complexity index is 982. The molecule has 1 unspecified atom stereocenters. The van der Waals surface area contributed by atoms with Crippen molar-refractivity contribution in [1.82, 2.24) is 5.32 Å². The van der Waals surface area contributed by atoms with E-state index in [0.29, 0.717) is 16.4 Å². The van der Waals surface area contributed by atoms with Crippen LogP contribution in [0.1, 0.15) is 18.9 Å². The SMILES string of the molecule is CC(=NNc1ccc(C)cc1)C1=C(O)C(CC(=O)Nc2ccc(Cl)cc2)NC1=O. The highest BCUT2D eigenvalue weighted by Crippen LogP contribution is 2.21. The topological polar surface area (TPSA) is 103 Å². The first kappa shape index (κ1) is 20.4. The minimum absolute atomic E-state index is 0.0638. The maximum Gasteiger partial charge on any atom is 0.257 e. The van der Waals surface area contributed by atoms with Gasteiger partial charge in [0.1, 0.15) is 11.3 Å². The molecule has 0 spiro atoms. The highest BCUT2D eigenvalue weighted by Gasteiger charge is 2.34. The molecule has 0 bridgehead atoms. The van der Waals surface area contributed by atoms with Crippen molar-refractivity contribution in [1.29, 1.82) is 0 Å². The van der Waals surface area contributed by atoms with Crippen molar-refractivity contribution in [2.75, 3.05) is 10.7 Å². The number of aliphatic hydroxyl groups excluding tert-OH is 1. The van der Waals surface area contributed by atoms with Crippen LogP contribution in [0.15, 0.2) is 65.0 Å². The van der Waals surface area contributed by atoms with E-state index in [9.17, 15) is 14.7 Å². The minimum atomic E-state index is -0.811. The Morgan fingerprint density at radius 3 is 2.41 bits per heavy atom. The number of nitrogens with one attached hydrogen (secondary N) is 3. The summed E-state index contributed by atoms with van der Waals surface area (Å²) in [5.41, 5.74) is 5.69. The number of aryl methyl sites for hydroxylation is 1. The molecule has 2 aromatic carbocycles. The van der Waals surface area contributed by atoms with Gasteiger partial charge in [0.2, 0.25) is 5.91 Å². The number of aliphatic hydroxyl groups is 1. The molecular weight excluding hydrogens is 392 g/mol. The Kier molecular flexibility index (Phi) is 6.19. The number of rotatable bonds is 6. The summed E-state index contributed by atoms with van der Waals surface area (Å²) in [7, 11) is 0. The van der Waals surface area contributed by atoms with Gasteiger partial charge in [0, 0.05) is 10.7 Å². The van der Waals surface area contributed by atoms with E-state index < -0.39 is 11.9 Å². The van der Waals surface area contributed by atoms with Gasteiger partial charge >= 0.3 is 0 Å². The van der Waals surface area contributed by atoms with E-state index in [4.69, 9.17) is 11.6 Å². The number of amides is 2. The molecule has 2 amide bonds. The van der Waals surface area contributed by atoms with Gasteiger partial charge in [-0.1, -0.05) is 29.3 Å². The van der Waals surface area contributed by atoms with Gasteiger partial charge in [-0.15, -0.1) is 0 Å². The first-order valence-corrected chi connectivity index (χ1v) is 9.38. The molecule has 2 aromatic rings. The van der Waals surface area contributed by atoms with Gasteiger partial charge in [0.25, 0.3) is 5.91 Å². The van der Waals surface area contributed by atoms with Gasteiger partial charge in [0.15, 0.2) is 0 Å². The quantitative estimate of drug-likeness (QED) is 0.428. The number of halogens is 1. The number of nitrogens with zero attached hydrogens (tertiary/aromatic N) is 1. The number of benzene rings is 2. The van der Waals surface area contributed by atoms with Crippen LogP contribution < -0.4 is 16.1 Å². The first-order valence-electron chi connectivity index (χ1n) is 9.00. The summed E-state index contributed by atoms with van der Waals surface area (Å²) in [5.74, 6) is -1.02. The number of carbonyl (C=O) groups excluding carboxylic acids is 2. The fourth-order valence-electron chi connectivity index (χ4n) is 2.85. The first-order chi connectivity index (χ1) is 13.8. The van der Waals surface area contributed by atoms with E-state index >= 15 is 0 Å². The second kappa shape index (κ2) is 8.79. The zero-order valence-electron chi connectivity index (χ0n) is 16.0. The van der Waals surface area contributed by atoms with Crippen molar-refractivity contribution >= 4 is 40.5 Å². The number of hydrogen-bond acceptors (Lipinski definition) is 5. The van der Waals surface area contributed by atoms with Crippen molar-refractivity contribution in [3.05, 3.63) is 70.4 Å². The molecule has 8 heteroatoms. The third-order valence-corrected chi connectivity index (χ3v) is 4.65. The monoisotopic (exact) mass is 412 g/mol. The molecule has 0 saturated heterocycles.